The van der Waals surface area contributed by atoms with Gasteiger partial charge in [0, 0.05) is 13.1 Å². The average molecular weight is 491 g/mol. The van der Waals surface area contributed by atoms with Crippen LogP contribution in [0.25, 0.3) is 22.2 Å². The van der Waals surface area contributed by atoms with Crippen molar-refractivity contribution in [1.82, 2.24) is 24.6 Å². The summed E-state index contributed by atoms with van der Waals surface area (Å²) in [6.07, 6.45) is -8.78. The number of hydrogen-bond donors (Lipinski definition) is 1. The van der Waals surface area contributed by atoms with E-state index in [0.717, 1.165) is 28.3 Å². The Hall–Kier alpha value is -3.16. The Kier molecular flexibility index (Phi) is 5.58. The molecule has 0 aliphatic carbocycles. The third-order valence-electron chi connectivity index (χ3n) is 5.40. The molecule has 0 spiro atoms. The third-order valence-corrected chi connectivity index (χ3v) is 6.30. The Balaban J connectivity index is 1.71. The van der Waals surface area contributed by atoms with Crippen LogP contribution >= 0.6 is 11.3 Å². The number of thiophene rings is 1. The van der Waals surface area contributed by atoms with Gasteiger partial charge < -0.3 is 4.90 Å². The molecule has 1 aliphatic rings. The number of H-pyrrole nitrogens is 1. The van der Waals surface area contributed by atoms with Crippen LogP contribution in [0.2, 0.25) is 0 Å². The minimum absolute atomic E-state index is 0.0320. The zero-order valence-corrected chi connectivity index (χ0v) is 17.4. The molecule has 0 saturated carbocycles. The van der Waals surface area contributed by atoms with Crippen molar-refractivity contribution in [2.45, 2.75) is 18.8 Å². The van der Waals surface area contributed by atoms with E-state index in [2.05, 4.69) is 21.6 Å². The molecule has 176 valence electrons. The summed E-state index contributed by atoms with van der Waals surface area (Å²) in [7, 11) is 0. The largest absolute Gasteiger partial charge is 0.393 e. The predicted molar refractivity (Wildman–Crippen MR) is 107 cm³/mol. The Labute approximate surface area is 185 Å². The van der Waals surface area contributed by atoms with Crippen LogP contribution in [-0.4, -0.2) is 56.0 Å². The van der Waals surface area contributed by atoms with Crippen molar-refractivity contribution in [1.29, 1.82) is 0 Å². The highest BCUT2D eigenvalue weighted by Crippen LogP contribution is 2.41. The highest BCUT2D eigenvalue weighted by atomic mass is 32.1. The molecule has 0 radical (unpaired) electrons. The van der Waals surface area contributed by atoms with Crippen molar-refractivity contribution in [3.05, 3.63) is 45.8 Å². The molecule has 14 heteroatoms. The van der Waals surface area contributed by atoms with Crippen LogP contribution in [0.3, 0.4) is 0 Å². The highest BCUT2D eigenvalue weighted by Gasteiger charge is 2.52. The molecular weight excluding hydrogens is 476 g/mol. The SMILES string of the molecule is C=Cc1c(C(=O)N2CC(C(F)(F)F)CC(C(F)(F)F)C2)cnn1-c1nc2ccsc2c(=O)[nH]1. The quantitative estimate of drug-likeness (QED) is 0.562. The van der Waals surface area contributed by atoms with Gasteiger partial charge in [0.25, 0.3) is 11.5 Å². The van der Waals surface area contributed by atoms with Crippen LogP contribution in [0.1, 0.15) is 22.5 Å². The van der Waals surface area contributed by atoms with Gasteiger partial charge in [0.1, 0.15) is 4.70 Å². The van der Waals surface area contributed by atoms with E-state index in [9.17, 15) is 35.9 Å². The molecule has 33 heavy (non-hydrogen) atoms. The fraction of sp³-hybridized carbons (Fsp3) is 0.368. The summed E-state index contributed by atoms with van der Waals surface area (Å²) < 4.78 is 81.0. The lowest BCUT2D eigenvalue weighted by Crippen LogP contribution is -2.51. The summed E-state index contributed by atoms with van der Waals surface area (Å²) in [5, 5.41) is 5.61. The van der Waals surface area contributed by atoms with E-state index in [4.69, 9.17) is 0 Å². The van der Waals surface area contributed by atoms with E-state index >= 15 is 0 Å². The van der Waals surface area contributed by atoms with Crippen LogP contribution in [-0.2, 0) is 0 Å². The molecule has 3 aromatic rings. The van der Waals surface area contributed by atoms with Gasteiger partial charge in [-0.1, -0.05) is 6.58 Å². The summed E-state index contributed by atoms with van der Waals surface area (Å²) in [6, 6.07) is 1.59. The number of rotatable bonds is 3. The Morgan fingerprint density at radius 3 is 2.39 bits per heavy atom. The van der Waals surface area contributed by atoms with Crippen LogP contribution in [0, 0.1) is 11.8 Å². The summed E-state index contributed by atoms with van der Waals surface area (Å²) in [6.45, 7) is 1.73. The van der Waals surface area contributed by atoms with Gasteiger partial charge in [0.2, 0.25) is 5.95 Å². The maximum Gasteiger partial charge on any atom is 0.393 e. The average Bonchev–Trinajstić information content (AvgIpc) is 3.38. The van der Waals surface area contributed by atoms with Gasteiger partial charge in [-0.15, -0.1) is 11.3 Å². The summed E-state index contributed by atoms with van der Waals surface area (Å²) in [5.41, 5.74) is -0.410. The van der Waals surface area contributed by atoms with Crippen molar-refractivity contribution < 1.29 is 31.1 Å². The molecule has 7 nitrogen and oxygen atoms in total. The number of fused-ring (bicyclic) bond motifs is 1. The maximum absolute atomic E-state index is 13.3. The van der Waals surface area contributed by atoms with Crippen molar-refractivity contribution in [2.75, 3.05) is 13.1 Å². The monoisotopic (exact) mass is 491 g/mol. The van der Waals surface area contributed by atoms with Gasteiger partial charge in [-0.3, -0.25) is 14.6 Å². The topological polar surface area (TPSA) is 83.9 Å². The Morgan fingerprint density at radius 2 is 1.82 bits per heavy atom. The van der Waals surface area contributed by atoms with Crippen LogP contribution in [0.4, 0.5) is 26.3 Å². The second-order valence-corrected chi connectivity index (χ2v) is 8.42. The molecule has 1 aliphatic heterocycles. The van der Waals surface area contributed by atoms with E-state index in [1.807, 2.05) is 0 Å². The molecule has 2 atom stereocenters. The Morgan fingerprint density at radius 1 is 1.18 bits per heavy atom. The van der Waals surface area contributed by atoms with E-state index in [1.165, 1.54) is 0 Å². The first-order valence-corrected chi connectivity index (χ1v) is 10.4. The molecule has 0 aromatic carbocycles. The van der Waals surface area contributed by atoms with Gasteiger partial charge >= 0.3 is 12.4 Å². The molecule has 1 fully saturated rings. The lowest BCUT2D eigenvalue weighted by atomic mass is 9.88. The van der Waals surface area contributed by atoms with Gasteiger partial charge in [-0.25, -0.2) is 4.98 Å². The number of aromatic amines is 1. The van der Waals surface area contributed by atoms with Gasteiger partial charge in [-0.2, -0.15) is 36.1 Å². The first-order valence-electron chi connectivity index (χ1n) is 9.51. The zero-order valence-electron chi connectivity index (χ0n) is 16.6. The maximum atomic E-state index is 13.3. The standard InChI is InChI=1S/C19H15F6N5O2S/c1-2-13-11(6-26-30(13)17-27-12-3-4-33-14(12)15(31)28-17)16(32)29-7-9(18(20,21)22)5-10(8-29)19(23,24)25/h2-4,6,9-10H,1,5,7-8H2,(H,27,28,31). The number of alkyl halides is 6. The van der Waals surface area contributed by atoms with E-state index in [1.54, 1.807) is 11.4 Å². The second-order valence-electron chi connectivity index (χ2n) is 7.51. The fourth-order valence-corrected chi connectivity index (χ4v) is 4.48. The number of piperidine rings is 1. The lowest BCUT2D eigenvalue weighted by Gasteiger charge is -2.39. The minimum atomic E-state index is -4.90. The molecule has 0 bridgehead atoms. The zero-order chi connectivity index (χ0) is 24.1. The van der Waals surface area contributed by atoms with Gasteiger partial charge in [0.05, 0.1) is 34.8 Å². The van der Waals surface area contributed by atoms with E-state index in [0.29, 0.717) is 15.1 Å². The minimum Gasteiger partial charge on any atom is -0.337 e. The molecule has 3 aromatic heterocycles. The highest BCUT2D eigenvalue weighted by molar-refractivity contribution is 7.17. The Bertz CT molecular complexity index is 1250. The smallest absolute Gasteiger partial charge is 0.337 e. The summed E-state index contributed by atoms with van der Waals surface area (Å²) in [5.74, 6) is -5.77. The number of amides is 1. The number of aromatic nitrogens is 4. The van der Waals surface area contributed by atoms with Gasteiger partial charge in [-0.05, 0) is 23.9 Å². The van der Waals surface area contributed by atoms with E-state index < -0.39 is 55.2 Å². The van der Waals surface area contributed by atoms with Gasteiger partial charge in [0.15, 0.2) is 0 Å². The van der Waals surface area contributed by atoms with Crippen LogP contribution < -0.4 is 5.56 Å². The molecule has 1 saturated heterocycles. The number of likely N-dealkylation sites (tertiary alicyclic amines) is 1. The second kappa shape index (κ2) is 8.01. The molecule has 2 unspecified atom stereocenters. The first-order chi connectivity index (χ1) is 15.4. The van der Waals surface area contributed by atoms with Crippen molar-refractivity contribution >= 4 is 33.5 Å². The number of nitrogens with one attached hydrogen (secondary N) is 1. The number of hydrogen-bond acceptors (Lipinski definition) is 5. The fourth-order valence-electron chi connectivity index (χ4n) is 3.76. The first kappa shape index (κ1) is 23.0. The molecular formula is C19H15F6N5O2S. The molecule has 1 N–H and O–H groups in total. The number of nitrogens with zero attached hydrogens (tertiary/aromatic N) is 4. The van der Waals surface area contributed by atoms with Crippen LogP contribution in [0.5, 0.6) is 0 Å². The number of halogens is 6. The van der Waals surface area contributed by atoms with E-state index in [-0.39, 0.29) is 17.2 Å². The number of carbonyl (C=O) groups excluding carboxylic acids is 1. The molecule has 4 heterocycles. The van der Waals surface area contributed by atoms with Crippen molar-refractivity contribution in [3.63, 3.8) is 0 Å². The summed E-state index contributed by atoms with van der Waals surface area (Å²) in [4.78, 5) is 32.5. The molecule has 4 rings (SSSR count). The van der Waals surface area contributed by atoms with Crippen LogP contribution in [0.15, 0.2) is 29.0 Å². The van der Waals surface area contributed by atoms with Crippen molar-refractivity contribution in [3.8, 4) is 5.95 Å². The summed E-state index contributed by atoms with van der Waals surface area (Å²) >= 11 is 1.16. The predicted octanol–water partition coefficient (Wildman–Crippen LogP) is 4.02. The number of carbonyl (C=O) groups is 1. The third kappa shape index (κ3) is 4.26. The molecule has 1 amide bonds. The normalized spacial score (nSPS) is 19.8. The lowest BCUT2D eigenvalue weighted by molar-refractivity contribution is -0.226. The van der Waals surface area contributed by atoms with Crippen molar-refractivity contribution in [2.24, 2.45) is 11.8 Å².